The summed E-state index contributed by atoms with van der Waals surface area (Å²) in [6.45, 7) is 6.35. The van der Waals surface area contributed by atoms with Gasteiger partial charge < -0.3 is 15.6 Å². The fraction of sp³-hybridized carbons (Fsp3) is 0.128. The van der Waals surface area contributed by atoms with Gasteiger partial charge in [-0.05, 0) is 115 Å². The van der Waals surface area contributed by atoms with Crippen LogP contribution in [-0.2, 0) is 4.74 Å². The van der Waals surface area contributed by atoms with Crippen LogP contribution in [0.3, 0.4) is 0 Å². The van der Waals surface area contributed by atoms with Crippen LogP contribution in [0.2, 0.25) is 0 Å². The number of thiophene rings is 4. The highest BCUT2D eigenvalue weighted by molar-refractivity contribution is 7.26. The van der Waals surface area contributed by atoms with E-state index >= 15 is 0 Å². The van der Waals surface area contributed by atoms with E-state index in [2.05, 4.69) is 112 Å². The summed E-state index contributed by atoms with van der Waals surface area (Å²) in [5.41, 5.74) is 15.5. The Kier molecular flexibility index (Phi) is 8.55. The van der Waals surface area contributed by atoms with E-state index in [1.54, 1.807) is 41.1 Å². The second kappa shape index (κ2) is 12.8. The highest BCUT2D eigenvalue weighted by atomic mass is 32.1. The Labute approximate surface area is 285 Å². The number of hydrogen-bond acceptors (Lipinski definition) is 7. The van der Waals surface area contributed by atoms with E-state index in [0.29, 0.717) is 0 Å². The second-order valence-electron chi connectivity index (χ2n) is 11.4. The van der Waals surface area contributed by atoms with Crippen molar-refractivity contribution in [3.05, 3.63) is 125 Å². The smallest absolute Gasteiger partial charge is 0.181 e. The summed E-state index contributed by atoms with van der Waals surface area (Å²) in [4.78, 5) is 9.69. The van der Waals surface area contributed by atoms with Gasteiger partial charge in [-0.3, -0.25) is 0 Å². The molecule has 0 bridgehead atoms. The van der Waals surface area contributed by atoms with Gasteiger partial charge in [0.05, 0.1) is 0 Å². The molecule has 4 aromatic heterocycles. The molecule has 230 valence electrons. The van der Waals surface area contributed by atoms with Crippen LogP contribution < -0.4 is 5.73 Å². The summed E-state index contributed by atoms with van der Waals surface area (Å²) in [6.07, 6.45) is -1.03. The Balaban J connectivity index is 1.22. The van der Waals surface area contributed by atoms with Crippen molar-refractivity contribution in [1.82, 2.24) is 0 Å². The van der Waals surface area contributed by atoms with E-state index in [9.17, 15) is 5.11 Å². The molecule has 7 heteroatoms. The molecule has 0 saturated carbocycles. The van der Waals surface area contributed by atoms with E-state index < -0.39 is 6.29 Å². The molecule has 0 radical (unpaired) electrons. The molecule has 0 aliphatic carbocycles. The molecular formula is C39H33NO2S4. The molecule has 0 saturated heterocycles. The number of anilines is 1. The predicted octanol–water partition coefficient (Wildman–Crippen LogP) is 12.1. The standard InChI is InChI=1S/C39H33NO2S4/c1-22-5-7-25(8-6-22)29-13-17-33(43-29)35-19-20-36(46-35)37-23(2)21-28(24(3)38(37)39(41)42-4)31-15-18-34(45-31)32-16-14-30(44-32)26-9-11-27(40)12-10-26/h5-21,39,41H,40H2,1-4H3. The SMILES string of the molecule is COC(O)c1c(C)c(-c2ccc(-c3ccc(-c4ccc(N)cc4)s3)s2)cc(C)c1-c1ccc(-c2ccc(-c3ccc(C)cc3)s2)s1. The molecule has 0 amide bonds. The zero-order chi connectivity index (χ0) is 31.9. The molecule has 0 aliphatic rings. The number of nitrogen functional groups attached to an aromatic ring is 1. The fourth-order valence-corrected chi connectivity index (χ4v) is 10.2. The quantitative estimate of drug-likeness (QED) is 0.124. The Morgan fingerprint density at radius 3 is 1.54 bits per heavy atom. The first-order valence-corrected chi connectivity index (χ1v) is 18.2. The van der Waals surface area contributed by atoms with Crippen LogP contribution in [0.5, 0.6) is 0 Å². The molecule has 1 atom stereocenters. The van der Waals surface area contributed by atoms with Crippen molar-refractivity contribution in [3.8, 4) is 61.3 Å². The normalized spacial score (nSPS) is 12.1. The van der Waals surface area contributed by atoms with Gasteiger partial charge in [0.1, 0.15) is 0 Å². The average molecular weight is 676 g/mol. The van der Waals surface area contributed by atoms with Gasteiger partial charge in [0, 0.05) is 62.9 Å². The molecule has 3 aromatic carbocycles. The number of nitrogens with two attached hydrogens (primary N) is 1. The van der Waals surface area contributed by atoms with Gasteiger partial charge in [0.25, 0.3) is 0 Å². The lowest BCUT2D eigenvalue weighted by atomic mass is 9.90. The highest BCUT2D eigenvalue weighted by Crippen LogP contribution is 2.47. The molecule has 46 heavy (non-hydrogen) atoms. The van der Waals surface area contributed by atoms with Crippen molar-refractivity contribution in [2.75, 3.05) is 12.8 Å². The van der Waals surface area contributed by atoms with Crippen LogP contribution in [-0.4, -0.2) is 12.2 Å². The third kappa shape index (κ3) is 5.91. The largest absolute Gasteiger partial charge is 0.399 e. The Bertz CT molecular complexity index is 2140. The number of benzene rings is 3. The molecule has 3 N–H and O–H groups in total. The van der Waals surface area contributed by atoms with Crippen molar-refractivity contribution in [1.29, 1.82) is 0 Å². The number of aliphatic hydroxyl groups is 1. The molecule has 7 aromatic rings. The highest BCUT2D eigenvalue weighted by Gasteiger charge is 2.24. The first kappa shape index (κ1) is 30.8. The Morgan fingerprint density at radius 2 is 1.00 bits per heavy atom. The van der Waals surface area contributed by atoms with Crippen molar-refractivity contribution in [3.63, 3.8) is 0 Å². The zero-order valence-electron chi connectivity index (χ0n) is 26.0. The first-order chi connectivity index (χ1) is 22.3. The van der Waals surface area contributed by atoms with E-state index in [-0.39, 0.29) is 0 Å². The minimum Gasteiger partial charge on any atom is -0.399 e. The molecule has 0 fully saturated rings. The van der Waals surface area contributed by atoms with Crippen LogP contribution in [0.25, 0.3) is 61.3 Å². The second-order valence-corrected chi connectivity index (χ2v) is 15.7. The number of aliphatic hydroxyl groups excluding tert-OH is 1. The van der Waals surface area contributed by atoms with Gasteiger partial charge in [0.2, 0.25) is 0 Å². The van der Waals surface area contributed by atoms with Crippen molar-refractivity contribution in [2.45, 2.75) is 27.1 Å². The van der Waals surface area contributed by atoms with Crippen molar-refractivity contribution in [2.24, 2.45) is 0 Å². The maximum Gasteiger partial charge on any atom is 0.181 e. The molecular weight excluding hydrogens is 643 g/mol. The maximum atomic E-state index is 11.2. The Hall–Kier alpha value is -3.82. The predicted molar refractivity (Wildman–Crippen MR) is 201 cm³/mol. The van der Waals surface area contributed by atoms with E-state index in [1.807, 2.05) is 23.5 Å². The first-order valence-electron chi connectivity index (χ1n) is 15.0. The van der Waals surface area contributed by atoms with Gasteiger partial charge in [-0.25, -0.2) is 0 Å². The average Bonchev–Trinajstić information content (AvgIpc) is 3.89. The maximum absolute atomic E-state index is 11.2. The van der Waals surface area contributed by atoms with Crippen LogP contribution >= 0.6 is 45.3 Å². The van der Waals surface area contributed by atoms with Gasteiger partial charge in [-0.15, -0.1) is 45.3 Å². The summed E-state index contributed by atoms with van der Waals surface area (Å²) >= 11 is 7.13. The van der Waals surface area contributed by atoms with Crippen LogP contribution in [0.4, 0.5) is 5.69 Å². The summed E-state index contributed by atoms with van der Waals surface area (Å²) < 4.78 is 5.56. The Morgan fingerprint density at radius 1 is 0.565 bits per heavy atom. The molecule has 0 aliphatic heterocycles. The van der Waals surface area contributed by atoms with E-state index in [0.717, 1.165) is 38.4 Å². The van der Waals surface area contributed by atoms with Crippen molar-refractivity contribution < 1.29 is 9.84 Å². The van der Waals surface area contributed by atoms with E-state index in [1.165, 1.54) is 50.8 Å². The van der Waals surface area contributed by atoms with Crippen LogP contribution in [0, 0.1) is 20.8 Å². The lowest BCUT2D eigenvalue weighted by Crippen LogP contribution is -2.07. The minimum atomic E-state index is -1.03. The molecule has 3 nitrogen and oxygen atoms in total. The monoisotopic (exact) mass is 675 g/mol. The number of hydrogen-bond donors (Lipinski definition) is 2. The minimum absolute atomic E-state index is 0.771. The van der Waals surface area contributed by atoms with Crippen molar-refractivity contribution >= 4 is 51.0 Å². The molecule has 7 rings (SSSR count). The molecule has 4 heterocycles. The summed E-state index contributed by atoms with van der Waals surface area (Å²) in [5.74, 6) is 0. The number of aryl methyl sites for hydroxylation is 2. The molecule has 1 unspecified atom stereocenters. The van der Waals surface area contributed by atoms with Gasteiger partial charge in [-0.1, -0.05) is 42.0 Å². The number of ether oxygens (including phenoxy) is 1. The lowest BCUT2D eigenvalue weighted by Gasteiger charge is -2.21. The molecule has 0 spiro atoms. The topological polar surface area (TPSA) is 55.5 Å². The van der Waals surface area contributed by atoms with E-state index in [4.69, 9.17) is 10.5 Å². The number of rotatable bonds is 8. The summed E-state index contributed by atoms with van der Waals surface area (Å²) in [6, 6.07) is 36.5. The number of methoxy groups -OCH3 is 1. The van der Waals surface area contributed by atoms with Gasteiger partial charge >= 0.3 is 0 Å². The summed E-state index contributed by atoms with van der Waals surface area (Å²) in [7, 11) is 1.56. The third-order valence-electron chi connectivity index (χ3n) is 8.26. The van der Waals surface area contributed by atoms with Gasteiger partial charge in [0.15, 0.2) is 6.29 Å². The fourth-order valence-electron chi connectivity index (χ4n) is 5.79. The van der Waals surface area contributed by atoms with Crippen LogP contribution in [0.1, 0.15) is 28.5 Å². The zero-order valence-corrected chi connectivity index (χ0v) is 29.2. The van der Waals surface area contributed by atoms with Gasteiger partial charge in [-0.2, -0.15) is 0 Å². The van der Waals surface area contributed by atoms with Crippen LogP contribution in [0.15, 0.2) is 103 Å². The third-order valence-corrected chi connectivity index (χ3v) is 13.1. The lowest BCUT2D eigenvalue weighted by molar-refractivity contribution is -0.0768. The summed E-state index contributed by atoms with van der Waals surface area (Å²) in [5, 5.41) is 11.2.